The first kappa shape index (κ1) is 13.4. The summed E-state index contributed by atoms with van der Waals surface area (Å²) in [6, 6.07) is 3.42. The molecular weight excluding hydrogens is 218 g/mol. The number of aromatic nitrogens is 1. The quantitative estimate of drug-likeness (QED) is 0.807. The lowest BCUT2D eigenvalue weighted by atomic mass is 10.1. The fourth-order valence-electron chi connectivity index (χ4n) is 1.67. The third-order valence-electron chi connectivity index (χ3n) is 2.24. The molecule has 0 aromatic carbocycles. The van der Waals surface area contributed by atoms with E-state index in [4.69, 9.17) is 0 Å². The number of carbonyl (C=O) groups excluding carboxylic acids is 1. The summed E-state index contributed by atoms with van der Waals surface area (Å²) in [6.07, 6.45) is 1.63. The van der Waals surface area contributed by atoms with E-state index in [1.165, 1.54) is 0 Å². The molecule has 0 spiro atoms. The van der Waals surface area contributed by atoms with Crippen LogP contribution in [0.25, 0.3) is 0 Å². The number of likely N-dealkylation sites (N-methyl/N-ethyl adjacent to an activating group) is 1. The van der Waals surface area contributed by atoms with Gasteiger partial charge in [0.25, 0.3) is 5.91 Å². The smallest absolute Gasteiger partial charge is 0.254 e. The molecule has 1 heterocycles. The minimum Gasteiger partial charge on any atom is -0.389 e. The molecule has 0 unspecified atom stereocenters. The second-order valence-corrected chi connectivity index (χ2v) is 4.62. The molecule has 5 nitrogen and oxygen atoms in total. The number of rotatable bonds is 4. The van der Waals surface area contributed by atoms with E-state index >= 15 is 0 Å². The first-order valence-corrected chi connectivity index (χ1v) is 5.46. The number of amides is 1. The van der Waals surface area contributed by atoms with Crippen LogP contribution in [-0.4, -0.2) is 42.2 Å². The van der Waals surface area contributed by atoms with Crippen LogP contribution in [0.5, 0.6) is 0 Å². The Morgan fingerprint density at radius 1 is 1.59 bits per heavy atom. The highest BCUT2D eigenvalue weighted by Gasteiger charge is 2.20. The molecule has 0 bridgehead atoms. The Balaban J connectivity index is 3.01. The summed E-state index contributed by atoms with van der Waals surface area (Å²) in [5.41, 5.74) is -0.339. The van der Waals surface area contributed by atoms with Crippen molar-refractivity contribution in [3.05, 3.63) is 23.9 Å². The van der Waals surface area contributed by atoms with Crippen LogP contribution >= 0.6 is 0 Å². The highest BCUT2D eigenvalue weighted by atomic mass is 16.3. The molecule has 5 heteroatoms. The maximum Gasteiger partial charge on any atom is 0.254 e. The van der Waals surface area contributed by atoms with Crippen LogP contribution in [0.3, 0.4) is 0 Å². The van der Waals surface area contributed by atoms with Crippen LogP contribution in [0.15, 0.2) is 18.3 Å². The molecule has 1 aromatic heterocycles. The van der Waals surface area contributed by atoms with E-state index in [1.54, 1.807) is 51.2 Å². The van der Waals surface area contributed by atoms with Crippen molar-refractivity contribution >= 4 is 11.7 Å². The van der Waals surface area contributed by atoms with Crippen LogP contribution in [0.1, 0.15) is 24.2 Å². The molecule has 0 aliphatic rings. The fraction of sp³-hybridized carbons (Fsp3) is 0.500. The van der Waals surface area contributed by atoms with Gasteiger partial charge in [-0.25, -0.2) is 4.98 Å². The standard InChI is InChI=1S/C12H19N3O2/c1-12(2,17)8-15(4)10-9(11(16)13-3)6-5-7-14-10/h5-7,17H,8H2,1-4H3,(H,13,16). The second-order valence-electron chi connectivity index (χ2n) is 4.62. The number of nitrogens with one attached hydrogen (secondary N) is 1. The summed E-state index contributed by atoms with van der Waals surface area (Å²) in [5.74, 6) is 0.379. The minimum absolute atomic E-state index is 0.185. The molecule has 0 aliphatic heterocycles. The van der Waals surface area contributed by atoms with Crippen LogP contribution in [0.2, 0.25) is 0 Å². The summed E-state index contributed by atoms with van der Waals surface area (Å²) in [4.78, 5) is 17.6. The number of anilines is 1. The van der Waals surface area contributed by atoms with Crippen LogP contribution in [0, 0.1) is 0 Å². The largest absolute Gasteiger partial charge is 0.389 e. The van der Waals surface area contributed by atoms with Gasteiger partial charge in [0, 0.05) is 26.8 Å². The van der Waals surface area contributed by atoms with Crippen molar-refractivity contribution in [3.8, 4) is 0 Å². The molecule has 17 heavy (non-hydrogen) atoms. The number of hydrogen-bond donors (Lipinski definition) is 2. The van der Waals surface area contributed by atoms with E-state index in [0.717, 1.165) is 0 Å². The number of nitrogens with zero attached hydrogens (tertiary/aromatic N) is 2. The van der Waals surface area contributed by atoms with Crippen molar-refractivity contribution in [1.29, 1.82) is 0 Å². The van der Waals surface area contributed by atoms with Crippen molar-refractivity contribution in [1.82, 2.24) is 10.3 Å². The zero-order valence-corrected chi connectivity index (χ0v) is 10.7. The number of pyridine rings is 1. The molecule has 1 aromatic rings. The van der Waals surface area contributed by atoms with Gasteiger partial charge < -0.3 is 15.3 Å². The van der Waals surface area contributed by atoms with Gasteiger partial charge in [-0.15, -0.1) is 0 Å². The van der Waals surface area contributed by atoms with Crippen molar-refractivity contribution in [2.45, 2.75) is 19.4 Å². The Kier molecular flexibility index (Phi) is 4.07. The Hall–Kier alpha value is -1.62. The molecule has 1 rings (SSSR count). The van der Waals surface area contributed by atoms with E-state index in [0.29, 0.717) is 17.9 Å². The van der Waals surface area contributed by atoms with Crippen molar-refractivity contribution in [2.75, 3.05) is 25.5 Å². The van der Waals surface area contributed by atoms with Gasteiger partial charge in [-0.3, -0.25) is 4.79 Å². The molecule has 0 atom stereocenters. The summed E-state index contributed by atoms with van der Waals surface area (Å²) < 4.78 is 0. The zero-order valence-electron chi connectivity index (χ0n) is 10.7. The molecule has 94 valence electrons. The maximum atomic E-state index is 11.7. The van der Waals surface area contributed by atoms with Crippen molar-refractivity contribution < 1.29 is 9.90 Å². The average Bonchev–Trinajstić information content (AvgIpc) is 2.25. The average molecular weight is 237 g/mol. The first-order valence-electron chi connectivity index (χ1n) is 5.46. The second kappa shape index (κ2) is 5.14. The SMILES string of the molecule is CNC(=O)c1cccnc1N(C)CC(C)(C)O. The first-order chi connectivity index (χ1) is 7.85. The predicted octanol–water partition coefficient (Wildman–Crippen LogP) is 0.648. The molecule has 2 N–H and O–H groups in total. The third kappa shape index (κ3) is 3.71. The third-order valence-corrected chi connectivity index (χ3v) is 2.24. The minimum atomic E-state index is -0.841. The maximum absolute atomic E-state index is 11.7. The Morgan fingerprint density at radius 2 is 2.24 bits per heavy atom. The van der Waals surface area contributed by atoms with Crippen LogP contribution < -0.4 is 10.2 Å². The monoisotopic (exact) mass is 237 g/mol. The van der Waals surface area contributed by atoms with Crippen molar-refractivity contribution in [3.63, 3.8) is 0 Å². The molecular formula is C12H19N3O2. The summed E-state index contributed by atoms with van der Waals surface area (Å²) in [6.45, 7) is 3.83. The highest BCUT2D eigenvalue weighted by Crippen LogP contribution is 2.17. The summed E-state index contributed by atoms with van der Waals surface area (Å²) >= 11 is 0. The fourth-order valence-corrected chi connectivity index (χ4v) is 1.67. The van der Waals surface area contributed by atoms with Gasteiger partial charge in [0.05, 0.1) is 11.2 Å². The Labute approximate surface area is 101 Å². The van der Waals surface area contributed by atoms with E-state index in [1.807, 2.05) is 0 Å². The van der Waals surface area contributed by atoms with Gasteiger partial charge >= 0.3 is 0 Å². The van der Waals surface area contributed by atoms with Gasteiger partial charge in [0.1, 0.15) is 5.82 Å². The zero-order chi connectivity index (χ0) is 13.1. The van der Waals surface area contributed by atoms with Gasteiger partial charge in [-0.05, 0) is 26.0 Å². The molecule has 0 fully saturated rings. The molecule has 0 saturated carbocycles. The highest BCUT2D eigenvalue weighted by molar-refractivity contribution is 5.98. The Bertz CT molecular complexity index is 399. The normalized spacial score (nSPS) is 11.1. The molecule has 0 radical (unpaired) electrons. The van der Waals surface area contributed by atoms with Crippen molar-refractivity contribution in [2.24, 2.45) is 0 Å². The lowest BCUT2D eigenvalue weighted by Crippen LogP contribution is -2.37. The number of aliphatic hydroxyl groups is 1. The van der Waals surface area contributed by atoms with E-state index in [2.05, 4.69) is 10.3 Å². The van der Waals surface area contributed by atoms with Gasteiger partial charge in [-0.2, -0.15) is 0 Å². The van der Waals surface area contributed by atoms with Crippen LogP contribution in [-0.2, 0) is 0 Å². The summed E-state index contributed by atoms with van der Waals surface area (Å²) in [5, 5.41) is 12.3. The van der Waals surface area contributed by atoms with Gasteiger partial charge in [0.2, 0.25) is 0 Å². The topological polar surface area (TPSA) is 65.5 Å². The predicted molar refractivity (Wildman–Crippen MR) is 67.2 cm³/mol. The van der Waals surface area contributed by atoms with Crippen LogP contribution in [0.4, 0.5) is 5.82 Å². The van der Waals surface area contributed by atoms with E-state index in [-0.39, 0.29) is 5.91 Å². The Morgan fingerprint density at radius 3 is 2.76 bits per heavy atom. The van der Waals surface area contributed by atoms with E-state index in [9.17, 15) is 9.90 Å². The van der Waals surface area contributed by atoms with E-state index < -0.39 is 5.60 Å². The van der Waals surface area contributed by atoms with Gasteiger partial charge in [-0.1, -0.05) is 0 Å². The summed E-state index contributed by atoms with van der Waals surface area (Å²) in [7, 11) is 3.38. The molecule has 0 aliphatic carbocycles. The lowest BCUT2D eigenvalue weighted by molar-refractivity contribution is 0.0878. The molecule has 1 amide bonds. The molecule has 0 saturated heterocycles. The lowest BCUT2D eigenvalue weighted by Gasteiger charge is -2.27. The number of carbonyl (C=O) groups is 1. The number of hydrogen-bond acceptors (Lipinski definition) is 4. The van der Waals surface area contributed by atoms with Gasteiger partial charge in [0.15, 0.2) is 0 Å².